The highest BCUT2D eigenvalue weighted by molar-refractivity contribution is 6.12. The van der Waals surface area contributed by atoms with Crippen molar-refractivity contribution in [2.45, 2.75) is 46.0 Å². The lowest BCUT2D eigenvalue weighted by Gasteiger charge is -2.28. The molecule has 0 bridgehead atoms. The molecule has 0 radical (unpaired) electrons. The minimum Gasteiger partial charge on any atom is -0.455 e. The highest BCUT2D eigenvalue weighted by Crippen LogP contribution is 2.54. The van der Waals surface area contributed by atoms with Gasteiger partial charge >= 0.3 is 0 Å². The van der Waals surface area contributed by atoms with E-state index in [0.717, 1.165) is 51.9 Å². The molecule has 1 atom stereocenters. The first-order valence-electron chi connectivity index (χ1n) is 21.3. The van der Waals surface area contributed by atoms with Crippen molar-refractivity contribution in [2.24, 2.45) is 5.92 Å². The molecule has 2 nitrogen and oxygen atoms in total. The summed E-state index contributed by atoms with van der Waals surface area (Å²) in [5.41, 5.74) is 19.1. The minimum atomic E-state index is -0.165. The Morgan fingerprint density at radius 2 is 1.28 bits per heavy atom. The lowest BCUT2D eigenvalue weighted by Crippen LogP contribution is -2.16. The lowest BCUT2D eigenvalue weighted by atomic mass is 9.82. The summed E-state index contributed by atoms with van der Waals surface area (Å²) in [5.74, 6) is 0.351. The molecule has 7 aromatic carbocycles. The van der Waals surface area contributed by atoms with Gasteiger partial charge in [-0.25, -0.2) is 0 Å². The van der Waals surface area contributed by atoms with Crippen LogP contribution in [0.3, 0.4) is 0 Å². The van der Waals surface area contributed by atoms with Crippen LogP contribution in [-0.4, -0.2) is 0 Å². The zero-order valence-corrected chi connectivity index (χ0v) is 34.8. The highest BCUT2D eigenvalue weighted by atomic mass is 16.3. The molecule has 0 fully saturated rings. The van der Waals surface area contributed by atoms with E-state index in [2.05, 4.69) is 227 Å². The monoisotopic (exact) mass is 775 g/mol. The van der Waals surface area contributed by atoms with E-state index in [1.807, 2.05) is 0 Å². The SMILES string of the molecule is CC/C(=C\C=C(/C)N(c1ccc(-c2cccc(-c3ccccc3)c2)cc1)c1ccc2c(c1)-c1c(ccc3c1oc1ccccc13)C2(C)C)C1C=CC=C(c2ccccc2)C1. The van der Waals surface area contributed by atoms with Crippen LogP contribution in [0.4, 0.5) is 11.4 Å². The molecule has 0 saturated heterocycles. The number of hydrogen-bond acceptors (Lipinski definition) is 2. The molecular formula is C58H49NO. The highest BCUT2D eigenvalue weighted by Gasteiger charge is 2.38. The second kappa shape index (κ2) is 15.4. The maximum atomic E-state index is 6.70. The van der Waals surface area contributed by atoms with E-state index in [-0.39, 0.29) is 5.41 Å². The predicted molar refractivity (Wildman–Crippen MR) is 255 cm³/mol. The number of rotatable bonds is 9. The summed E-state index contributed by atoms with van der Waals surface area (Å²) in [6.07, 6.45) is 13.6. The van der Waals surface area contributed by atoms with Gasteiger partial charge in [-0.15, -0.1) is 0 Å². The summed E-state index contributed by atoms with van der Waals surface area (Å²) in [7, 11) is 0. The van der Waals surface area contributed by atoms with E-state index in [4.69, 9.17) is 4.42 Å². The normalized spacial score (nSPS) is 15.9. The fraction of sp³-hybridized carbons (Fsp3) is 0.138. The van der Waals surface area contributed by atoms with Crippen LogP contribution in [0.2, 0.25) is 0 Å². The van der Waals surface area contributed by atoms with Gasteiger partial charge in [0.15, 0.2) is 0 Å². The molecule has 0 saturated carbocycles. The van der Waals surface area contributed by atoms with Crippen molar-refractivity contribution in [3.8, 4) is 33.4 Å². The fourth-order valence-electron chi connectivity index (χ4n) is 9.62. The molecule has 2 aliphatic carbocycles. The molecule has 1 aromatic heterocycles. The third-order valence-corrected chi connectivity index (χ3v) is 12.9. The number of nitrogens with zero attached hydrogens (tertiary/aromatic N) is 1. The number of anilines is 2. The molecule has 2 aliphatic rings. The third kappa shape index (κ3) is 6.63. The van der Waals surface area contributed by atoms with Crippen molar-refractivity contribution < 1.29 is 4.42 Å². The average molecular weight is 776 g/mol. The smallest absolute Gasteiger partial charge is 0.143 e. The van der Waals surface area contributed by atoms with Gasteiger partial charge in [0.05, 0.1) is 0 Å². The zero-order valence-electron chi connectivity index (χ0n) is 34.8. The second-order valence-corrected chi connectivity index (χ2v) is 16.8. The van der Waals surface area contributed by atoms with Crippen LogP contribution >= 0.6 is 0 Å². The number of fused-ring (bicyclic) bond motifs is 7. The first-order valence-corrected chi connectivity index (χ1v) is 21.3. The van der Waals surface area contributed by atoms with Gasteiger partial charge in [-0.05, 0) is 112 Å². The van der Waals surface area contributed by atoms with Gasteiger partial charge in [-0.1, -0.05) is 178 Å². The van der Waals surface area contributed by atoms with E-state index in [0.29, 0.717) is 5.92 Å². The van der Waals surface area contributed by atoms with Gasteiger partial charge in [0, 0.05) is 44.7 Å². The summed E-state index contributed by atoms with van der Waals surface area (Å²) in [4.78, 5) is 2.42. The Labute approximate surface area is 354 Å². The van der Waals surface area contributed by atoms with Crippen LogP contribution in [0.1, 0.15) is 57.2 Å². The largest absolute Gasteiger partial charge is 0.455 e. The van der Waals surface area contributed by atoms with Crippen LogP contribution in [0, 0.1) is 5.92 Å². The molecule has 1 unspecified atom stereocenters. The van der Waals surface area contributed by atoms with Gasteiger partial charge in [-0.2, -0.15) is 0 Å². The van der Waals surface area contributed by atoms with Crippen molar-refractivity contribution in [2.75, 3.05) is 4.90 Å². The molecule has 292 valence electrons. The van der Waals surface area contributed by atoms with Crippen molar-refractivity contribution >= 4 is 38.9 Å². The molecular weight excluding hydrogens is 727 g/mol. The molecule has 10 rings (SSSR count). The molecule has 0 N–H and O–H groups in total. The number of allylic oxidation sites excluding steroid dienone is 8. The standard InChI is InChI=1S/C58H49NO/c1-5-40(44-20-14-21-45(36-44)41-16-8-6-9-17-41)27-26-39(2)59(48-30-28-43(29-31-48)47-23-15-22-46(37-47)42-18-10-7-11-19-42)49-32-34-53-52(38-49)56-54(58(53,3)4)35-33-51-50-24-12-13-25-55(50)60-57(51)56/h6-35,37-38,44H,5,36H2,1-4H3/b39-26+,40-27+. The van der Waals surface area contributed by atoms with Gasteiger partial charge < -0.3 is 9.32 Å². The Morgan fingerprint density at radius 1 is 0.633 bits per heavy atom. The second-order valence-electron chi connectivity index (χ2n) is 16.8. The topological polar surface area (TPSA) is 16.4 Å². The molecule has 1 heterocycles. The number of hydrogen-bond donors (Lipinski definition) is 0. The van der Waals surface area contributed by atoms with E-state index in [1.54, 1.807) is 0 Å². The maximum absolute atomic E-state index is 6.70. The fourth-order valence-corrected chi connectivity index (χ4v) is 9.62. The predicted octanol–water partition coefficient (Wildman–Crippen LogP) is 16.3. The molecule has 0 aliphatic heterocycles. The first-order chi connectivity index (χ1) is 29.4. The van der Waals surface area contributed by atoms with Gasteiger partial charge in [0.25, 0.3) is 0 Å². The minimum absolute atomic E-state index is 0.165. The molecule has 2 heteroatoms. The van der Waals surface area contributed by atoms with Crippen LogP contribution in [0.25, 0.3) is 60.9 Å². The third-order valence-electron chi connectivity index (χ3n) is 12.9. The zero-order chi connectivity index (χ0) is 40.8. The average Bonchev–Trinajstić information content (AvgIpc) is 3.79. The van der Waals surface area contributed by atoms with Crippen molar-refractivity contribution in [1.82, 2.24) is 0 Å². The molecule has 8 aromatic rings. The summed E-state index contributed by atoms with van der Waals surface area (Å²) in [6.45, 7) is 9.21. The quantitative estimate of drug-likeness (QED) is 0.136. The van der Waals surface area contributed by atoms with E-state index >= 15 is 0 Å². The molecule has 60 heavy (non-hydrogen) atoms. The summed E-state index contributed by atoms with van der Waals surface area (Å²) >= 11 is 0. The van der Waals surface area contributed by atoms with Gasteiger partial charge in [-0.3, -0.25) is 0 Å². The van der Waals surface area contributed by atoms with Crippen molar-refractivity contribution in [3.63, 3.8) is 0 Å². The summed E-state index contributed by atoms with van der Waals surface area (Å²) < 4.78 is 6.70. The Bertz CT molecular complexity index is 3010. The van der Waals surface area contributed by atoms with Gasteiger partial charge in [0.2, 0.25) is 0 Å². The number of para-hydroxylation sites is 1. The first kappa shape index (κ1) is 37.4. The summed E-state index contributed by atoms with van der Waals surface area (Å²) in [5, 5.41) is 2.32. The number of furan rings is 1. The van der Waals surface area contributed by atoms with Crippen LogP contribution in [0.5, 0.6) is 0 Å². The van der Waals surface area contributed by atoms with Crippen LogP contribution in [-0.2, 0) is 5.41 Å². The van der Waals surface area contributed by atoms with Gasteiger partial charge in [0.1, 0.15) is 11.2 Å². The van der Waals surface area contributed by atoms with Crippen molar-refractivity contribution in [3.05, 3.63) is 222 Å². The van der Waals surface area contributed by atoms with Crippen LogP contribution in [0.15, 0.2) is 210 Å². The Morgan fingerprint density at radius 3 is 2.03 bits per heavy atom. The van der Waals surface area contributed by atoms with E-state index in [9.17, 15) is 0 Å². The Hall–Kier alpha value is -6.90. The maximum Gasteiger partial charge on any atom is 0.143 e. The van der Waals surface area contributed by atoms with Crippen molar-refractivity contribution in [1.29, 1.82) is 0 Å². The van der Waals surface area contributed by atoms with Crippen LogP contribution < -0.4 is 4.90 Å². The Kier molecular flexibility index (Phi) is 9.57. The van der Waals surface area contributed by atoms with E-state index < -0.39 is 0 Å². The molecule has 0 spiro atoms. The summed E-state index contributed by atoms with van der Waals surface area (Å²) in [6, 6.07) is 59.4. The number of benzene rings is 7. The lowest BCUT2D eigenvalue weighted by molar-refractivity contribution is 0.653. The van der Waals surface area contributed by atoms with E-state index in [1.165, 1.54) is 61.2 Å². The Balaban J connectivity index is 1.07. The molecule has 0 amide bonds.